The molecule has 102 valence electrons. The molecule has 0 aliphatic carbocycles. The van der Waals surface area contributed by atoms with Crippen LogP contribution in [0.3, 0.4) is 0 Å². The van der Waals surface area contributed by atoms with Crippen LogP contribution in [0.5, 0.6) is 0 Å². The number of hydrogen-bond donors (Lipinski definition) is 3. The topological polar surface area (TPSA) is 86.6 Å². The first-order valence-electron chi connectivity index (χ1n) is 5.95. The van der Waals surface area contributed by atoms with E-state index in [1.54, 1.807) is 42.5 Å². The van der Waals surface area contributed by atoms with Gasteiger partial charge in [0.15, 0.2) is 6.04 Å². The molecular weight excluding hydrogens is 258 g/mol. The molecular formula is C15H13NO4. The van der Waals surface area contributed by atoms with E-state index in [0.29, 0.717) is 11.3 Å². The Labute approximate surface area is 115 Å². The van der Waals surface area contributed by atoms with Gasteiger partial charge in [-0.05, 0) is 23.8 Å². The molecule has 5 nitrogen and oxygen atoms in total. The van der Waals surface area contributed by atoms with Gasteiger partial charge in [0.1, 0.15) is 0 Å². The maximum atomic E-state index is 11.3. The monoisotopic (exact) mass is 271 g/mol. The molecule has 0 aliphatic heterocycles. The Kier molecular flexibility index (Phi) is 4.00. The zero-order valence-electron chi connectivity index (χ0n) is 10.5. The quantitative estimate of drug-likeness (QED) is 0.778. The van der Waals surface area contributed by atoms with Crippen molar-refractivity contribution in [3.8, 4) is 0 Å². The van der Waals surface area contributed by atoms with Crippen LogP contribution in [0, 0.1) is 0 Å². The van der Waals surface area contributed by atoms with Crippen molar-refractivity contribution in [3.05, 3.63) is 65.7 Å². The fourth-order valence-electron chi connectivity index (χ4n) is 1.84. The van der Waals surface area contributed by atoms with Gasteiger partial charge in [0, 0.05) is 5.69 Å². The van der Waals surface area contributed by atoms with Gasteiger partial charge in [0.2, 0.25) is 0 Å². The lowest BCUT2D eigenvalue weighted by atomic mass is 10.1. The minimum atomic E-state index is -1.06. The summed E-state index contributed by atoms with van der Waals surface area (Å²) in [5.74, 6) is -2.09. The van der Waals surface area contributed by atoms with Gasteiger partial charge in [-0.25, -0.2) is 9.59 Å². The molecule has 0 saturated heterocycles. The Morgan fingerprint density at radius 3 is 2.25 bits per heavy atom. The van der Waals surface area contributed by atoms with Crippen LogP contribution in [-0.4, -0.2) is 22.2 Å². The highest BCUT2D eigenvalue weighted by Gasteiger charge is 2.19. The van der Waals surface area contributed by atoms with E-state index in [4.69, 9.17) is 5.11 Å². The molecule has 0 aromatic heterocycles. The molecule has 1 atom stereocenters. The minimum Gasteiger partial charge on any atom is -0.479 e. The number of nitrogens with one attached hydrogen (secondary N) is 1. The number of carboxylic acids is 2. The van der Waals surface area contributed by atoms with Crippen LogP contribution in [0.1, 0.15) is 22.0 Å². The van der Waals surface area contributed by atoms with Crippen molar-refractivity contribution in [2.45, 2.75) is 6.04 Å². The highest BCUT2D eigenvalue weighted by molar-refractivity contribution is 5.89. The fourth-order valence-corrected chi connectivity index (χ4v) is 1.84. The number of rotatable bonds is 5. The molecule has 2 aromatic carbocycles. The summed E-state index contributed by atoms with van der Waals surface area (Å²) in [6, 6.07) is 13.8. The van der Waals surface area contributed by atoms with Gasteiger partial charge in [-0.3, -0.25) is 0 Å². The molecule has 0 saturated carbocycles. The van der Waals surface area contributed by atoms with Crippen LogP contribution in [0.25, 0.3) is 0 Å². The third-order valence-electron chi connectivity index (χ3n) is 2.80. The molecule has 0 amide bonds. The normalized spacial score (nSPS) is 11.6. The van der Waals surface area contributed by atoms with Gasteiger partial charge in [0.25, 0.3) is 0 Å². The van der Waals surface area contributed by atoms with Crippen LogP contribution in [-0.2, 0) is 4.79 Å². The van der Waals surface area contributed by atoms with Gasteiger partial charge in [0.05, 0.1) is 5.56 Å². The van der Waals surface area contributed by atoms with Gasteiger partial charge >= 0.3 is 11.9 Å². The molecule has 1 unspecified atom stereocenters. The summed E-state index contributed by atoms with van der Waals surface area (Å²) in [4.78, 5) is 22.2. The highest BCUT2D eigenvalue weighted by atomic mass is 16.4. The smallest absolute Gasteiger partial charge is 0.335 e. The summed E-state index contributed by atoms with van der Waals surface area (Å²) in [5, 5.41) is 21.0. The number of hydrogen-bond acceptors (Lipinski definition) is 3. The number of anilines is 1. The predicted molar refractivity (Wildman–Crippen MR) is 73.8 cm³/mol. The maximum Gasteiger partial charge on any atom is 0.335 e. The van der Waals surface area contributed by atoms with E-state index < -0.39 is 18.0 Å². The summed E-state index contributed by atoms with van der Waals surface area (Å²) < 4.78 is 0. The van der Waals surface area contributed by atoms with E-state index in [1.165, 1.54) is 12.1 Å². The van der Waals surface area contributed by atoms with Crippen LogP contribution in [0.4, 0.5) is 5.69 Å². The fraction of sp³-hybridized carbons (Fsp3) is 0.0667. The second kappa shape index (κ2) is 5.88. The molecule has 2 rings (SSSR count). The molecule has 3 N–H and O–H groups in total. The summed E-state index contributed by atoms with van der Waals surface area (Å²) in [6.45, 7) is 0. The Morgan fingerprint density at radius 2 is 1.65 bits per heavy atom. The summed E-state index contributed by atoms with van der Waals surface area (Å²) >= 11 is 0. The van der Waals surface area contributed by atoms with Crippen molar-refractivity contribution in [1.82, 2.24) is 0 Å². The summed E-state index contributed by atoms with van der Waals surface area (Å²) in [6.07, 6.45) is 0. The molecule has 0 bridgehead atoms. The van der Waals surface area contributed by atoms with Crippen molar-refractivity contribution < 1.29 is 19.8 Å². The Bertz CT molecular complexity index is 625. The number of aromatic carboxylic acids is 1. The van der Waals surface area contributed by atoms with Gasteiger partial charge in [-0.15, -0.1) is 0 Å². The van der Waals surface area contributed by atoms with Crippen molar-refractivity contribution in [1.29, 1.82) is 0 Å². The lowest BCUT2D eigenvalue weighted by Gasteiger charge is -2.16. The SMILES string of the molecule is O=C(O)c1cccc(NC(C(=O)O)c2ccccc2)c1. The lowest BCUT2D eigenvalue weighted by Crippen LogP contribution is -2.20. The zero-order chi connectivity index (χ0) is 14.5. The van der Waals surface area contributed by atoms with Gasteiger partial charge < -0.3 is 15.5 Å². The van der Waals surface area contributed by atoms with E-state index in [0.717, 1.165) is 0 Å². The summed E-state index contributed by atoms with van der Waals surface area (Å²) in [7, 11) is 0. The second-order valence-corrected chi connectivity index (χ2v) is 4.21. The minimum absolute atomic E-state index is 0.104. The van der Waals surface area contributed by atoms with Crippen LogP contribution < -0.4 is 5.32 Å². The number of carbonyl (C=O) groups is 2. The van der Waals surface area contributed by atoms with Gasteiger partial charge in [-0.1, -0.05) is 36.4 Å². The Morgan fingerprint density at radius 1 is 0.950 bits per heavy atom. The first kappa shape index (κ1) is 13.6. The molecule has 5 heteroatoms. The first-order chi connectivity index (χ1) is 9.58. The molecule has 0 heterocycles. The van der Waals surface area contributed by atoms with E-state index in [-0.39, 0.29) is 5.56 Å². The van der Waals surface area contributed by atoms with Crippen molar-refractivity contribution in [2.24, 2.45) is 0 Å². The third kappa shape index (κ3) is 3.14. The standard InChI is InChI=1S/C15H13NO4/c17-14(18)11-7-4-8-12(9-11)16-13(15(19)20)10-5-2-1-3-6-10/h1-9,13,16H,(H,17,18)(H,19,20). The van der Waals surface area contributed by atoms with Gasteiger partial charge in [-0.2, -0.15) is 0 Å². The summed E-state index contributed by atoms with van der Waals surface area (Å²) in [5.41, 5.74) is 1.15. The third-order valence-corrected chi connectivity index (χ3v) is 2.80. The largest absolute Gasteiger partial charge is 0.479 e. The van der Waals surface area contributed by atoms with Crippen molar-refractivity contribution in [3.63, 3.8) is 0 Å². The Balaban J connectivity index is 2.27. The Hall–Kier alpha value is -2.82. The molecule has 0 aliphatic rings. The molecule has 2 aromatic rings. The zero-order valence-corrected chi connectivity index (χ0v) is 10.5. The van der Waals surface area contributed by atoms with Crippen molar-refractivity contribution in [2.75, 3.05) is 5.32 Å². The first-order valence-corrected chi connectivity index (χ1v) is 5.95. The number of benzene rings is 2. The highest BCUT2D eigenvalue weighted by Crippen LogP contribution is 2.20. The van der Waals surface area contributed by atoms with E-state index in [1.807, 2.05) is 0 Å². The molecule has 20 heavy (non-hydrogen) atoms. The second-order valence-electron chi connectivity index (χ2n) is 4.21. The average Bonchev–Trinajstić information content (AvgIpc) is 2.45. The van der Waals surface area contributed by atoms with Crippen LogP contribution in [0.2, 0.25) is 0 Å². The molecule has 0 fully saturated rings. The molecule has 0 spiro atoms. The van der Waals surface area contributed by atoms with E-state index >= 15 is 0 Å². The van der Waals surface area contributed by atoms with Crippen LogP contribution >= 0.6 is 0 Å². The lowest BCUT2D eigenvalue weighted by molar-refractivity contribution is -0.138. The average molecular weight is 271 g/mol. The van der Waals surface area contributed by atoms with Crippen LogP contribution in [0.15, 0.2) is 54.6 Å². The van der Waals surface area contributed by atoms with Crippen molar-refractivity contribution >= 4 is 17.6 Å². The maximum absolute atomic E-state index is 11.3. The van der Waals surface area contributed by atoms with E-state index in [2.05, 4.69) is 5.32 Å². The molecule has 0 radical (unpaired) electrons. The number of carboxylic acid groups (broad SMARTS) is 2. The van der Waals surface area contributed by atoms with E-state index in [9.17, 15) is 14.7 Å². The number of aliphatic carboxylic acids is 1. The predicted octanol–water partition coefficient (Wildman–Crippen LogP) is 2.62.